The van der Waals surface area contributed by atoms with Gasteiger partial charge in [-0.25, -0.2) is 8.78 Å². The molecule has 0 aliphatic heterocycles. The number of phenolic OH excluding ortho intramolecular Hbond substituents is 1. The molecule has 2 aromatic carbocycles. The van der Waals surface area contributed by atoms with Crippen molar-refractivity contribution in [2.75, 3.05) is 0 Å². The maximum absolute atomic E-state index is 14.1. The summed E-state index contributed by atoms with van der Waals surface area (Å²) in [5, 5.41) is 9.22. The average Bonchev–Trinajstić information content (AvgIpc) is 2.40. The molecule has 3 heteroatoms. The van der Waals surface area contributed by atoms with E-state index < -0.39 is 11.6 Å². The summed E-state index contributed by atoms with van der Waals surface area (Å²) < 4.78 is 28.2. The van der Waals surface area contributed by atoms with Gasteiger partial charge in [0, 0.05) is 0 Å². The molecular formula is C17H18F2O. The Morgan fingerprint density at radius 2 is 1.55 bits per heavy atom. The Morgan fingerprint density at radius 1 is 0.950 bits per heavy atom. The summed E-state index contributed by atoms with van der Waals surface area (Å²) in [7, 11) is 0. The van der Waals surface area contributed by atoms with E-state index in [1.165, 1.54) is 36.4 Å². The Hall–Kier alpha value is -1.90. The van der Waals surface area contributed by atoms with Crippen LogP contribution in [-0.4, -0.2) is 5.11 Å². The largest absolute Gasteiger partial charge is 0.508 e. The Kier molecular flexibility index (Phi) is 4.72. The second-order valence-corrected chi connectivity index (χ2v) is 4.94. The summed E-state index contributed by atoms with van der Waals surface area (Å²) >= 11 is 0. The van der Waals surface area contributed by atoms with Crippen molar-refractivity contribution >= 4 is 0 Å². The van der Waals surface area contributed by atoms with E-state index in [2.05, 4.69) is 6.92 Å². The molecule has 0 radical (unpaired) electrons. The molecular weight excluding hydrogens is 258 g/mol. The van der Waals surface area contributed by atoms with Gasteiger partial charge in [-0.3, -0.25) is 0 Å². The first-order valence-electron chi connectivity index (χ1n) is 6.89. The summed E-state index contributed by atoms with van der Waals surface area (Å²) in [6, 6.07) is 8.66. The lowest BCUT2D eigenvalue weighted by molar-refractivity contribution is 0.475. The number of hydrogen-bond acceptors (Lipinski definition) is 1. The van der Waals surface area contributed by atoms with Gasteiger partial charge in [0.2, 0.25) is 0 Å². The number of aromatic hydroxyl groups is 1. The SMILES string of the molecule is CCCCCc1cc(F)c(-c2ccc(O)cc2)c(F)c1. The molecule has 2 rings (SSSR count). The second kappa shape index (κ2) is 6.51. The van der Waals surface area contributed by atoms with Gasteiger partial charge >= 0.3 is 0 Å². The Labute approximate surface area is 117 Å². The molecule has 0 saturated heterocycles. The van der Waals surface area contributed by atoms with Crippen LogP contribution >= 0.6 is 0 Å². The standard InChI is InChI=1S/C17H18F2O/c1-2-3-4-5-12-10-15(18)17(16(19)11-12)13-6-8-14(20)9-7-13/h6-11,20H,2-5H2,1H3. The molecule has 20 heavy (non-hydrogen) atoms. The van der Waals surface area contributed by atoms with Crippen LogP contribution in [0.4, 0.5) is 8.78 Å². The van der Waals surface area contributed by atoms with Crippen LogP contribution in [0.3, 0.4) is 0 Å². The number of halogens is 2. The van der Waals surface area contributed by atoms with Crippen molar-refractivity contribution in [1.82, 2.24) is 0 Å². The van der Waals surface area contributed by atoms with Gasteiger partial charge in [-0.05, 0) is 48.2 Å². The fourth-order valence-corrected chi connectivity index (χ4v) is 2.25. The van der Waals surface area contributed by atoms with E-state index in [1.54, 1.807) is 0 Å². The van der Waals surface area contributed by atoms with Crippen molar-refractivity contribution < 1.29 is 13.9 Å². The second-order valence-electron chi connectivity index (χ2n) is 4.94. The van der Waals surface area contributed by atoms with E-state index >= 15 is 0 Å². The van der Waals surface area contributed by atoms with E-state index in [1.807, 2.05) is 0 Å². The zero-order valence-corrected chi connectivity index (χ0v) is 11.5. The number of unbranched alkanes of at least 4 members (excludes halogenated alkanes) is 2. The first kappa shape index (κ1) is 14.5. The van der Waals surface area contributed by atoms with E-state index in [4.69, 9.17) is 0 Å². The molecule has 106 valence electrons. The summed E-state index contributed by atoms with van der Waals surface area (Å²) in [4.78, 5) is 0. The van der Waals surface area contributed by atoms with Gasteiger partial charge < -0.3 is 5.11 Å². The predicted molar refractivity (Wildman–Crippen MR) is 76.7 cm³/mol. The third-order valence-corrected chi connectivity index (χ3v) is 3.33. The summed E-state index contributed by atoms with van der Waals surface area (Å²) in [5.74, 6) is -1.03. The number of aryl methyl sites for hydroxylation is 1. The average molecular weight is 276 g/mol. The monoisotopic (exact) mass is 276 g/mol. The van der Waals surface area contributed by atoms with Gasteiger partial charge in [0.25, 0.3) is 0 Å². The number of hydrogen-bond donors (Lipinski definition) is 1. The molecule has 1 nitrogen and oxygen atoms in total. The van der Waals surface area contributed by atoms with Crippen LogP contribution in [0.1, 0.15) is 31.7 Å². The zero-order chi connectivity index (χ0) is 14.5. The number of phenols is 1. The molecule has 0 saturated carbocycles. The first-order valence-corrected chi connectivity index (χ1v) is 6.89. The molecule has 2 aromatic rings. The minimum atomic E-state index is -0.554. The highest BCUT2D eigenvalue weighted by Crippen LogP contribution is 2.29. The lowest BCUT2D eigenvalue weighted by Crippen LogP contribution is -1.95. The van der Waals surface area contributed by atoms with Gasteiger partial charge in [0.05, 0.1) is 5.56 Å². The number of benzene rings is 2. The lowest BCUT2D eigenvalue weighted by Gasteiger charge is -2.08. The summed E-state index contributed by atoms with van der Waals surface area (Å²) in [6.07, 6.45) is 3.77. The molecule has 0 aliphatic carbocycles. The summed E-state index contributed by atoms with van der Waals surface area (Å²) in [6.45, 7) is 2.09. The van der Waals surface area contributed by atoms with Crippen LogP contribution in [0.2, 0.25) is 0 Å². The molecule has 0 atom stereocenters. The topological polar surface area (TPSA) is 20.2 Å². The van der Waals surface area contributed by atoms with Crippen LogP contribution in [0, 0.1) is 11.6 Å². The quantitative estimate of drug-likeness (QED) is 0.756. The van der Waals surface area contributed by atoms with Crippen molar-refractivity contribution in [3.8, 4) is 16.9 Å². The van der Waals surface area contributed by atoms with Gasteiger partial charge in [-0.1, -0.05) is 31.9 Å². The maximum atomic E-state index is 14.1. The molecule has 0 bridgehead atoms. The third kappa shape index (κ3) is 3.35. The molecule has 0 amide bonds. The fraction of sp³-hybridized carbons (Fsp3) is 0.294. The van der Waals surface area contributed by atoms with Crippen LogP contribution in [0.25, 0.3) is 11.1 Å². The summed E-state index contributed by atoms with van der Waals surface area (Å²) in [5.41, 5.74) is 1.08. The van der Waals surface area contributed by atoms with Crippen LogP contribution in [0.5, 0.6) is 5.75 Å². The van der Waals surface area contributed by atoms with Crippen molar-refractivity contribution in [2.45, 2.75) is 32.6 Å². The zero-order valence-electron chi connectivity index (χ0n) is 11.5. The smallest absolute Gasteiger partial charge is 0.134 e. The van der Waals surface area contributed by atoms with Gasteiger partial charge in [0.15, 0.2) is 0 Å². The molecule has 0 spiro atoms. The van der Waals surface area contributed by atoms with E-state index in [9.17, 15) is 13.9 Å². The third-order valence-electron chi connectivity index (χ3n) is 3.33. The van der Waals surface area contributed by atoms with E-state index in [0.717, 1.165) is 19.3 Å². The Bertz CT molecular complexity index is 553. The van der Waals surface area contributed by atoms with Gasteiger partial charge in [-0.15, -0.1) is 0 Å². The normalized spacial score (nSPS) is 10.8. The minimum Gasteiger partial charge on any atom is -0.508 e. The number of rotatable bonds is 5. The molecule has 1 N–H and O–H groups in total. The highest BCUT2D eigenvalue weighted by atomic mass is 19.1. The highest BCUT2D eigenvalue weighted by molar-refractivity contribution is 5.66. The van der Waals surface area contributed by atoms with Crippen molar-refractivity contribution in [3.05, 3.63) is 53.6 Å². The van der Waals surface area contributed by atoms with Gasteiger partial charge in [0.1, 0.15) is 17.4 Å². The highest BCUT2D eigenvalue weighted by Gasteiger charge is 2.13. The van der Waals surface area contributed by atoms with Crippen molar-refractivity contribution in [2.24, 2.45) is 0 Å². The molecule has 0 aromatic heterocycles. The van der Waals surface area contributed by atoms with Gasteiger partial charge in [-0.2, -0.15) is 0 Å². The lowest BCUT2D eigenvalue weighted by atomic mass is 10.00. The van der Waals surface area contributed by atoms with Crippen LogP contribution < -0.4 is 0 Å². The van der Waals surface area contributed by atoms with Crippen molar-refractivity contribution in [3.63, 3.8) is 0 Å². The maximum Gasteiger partial charge on any atom is 0.134 e. The van der Waals surface area contributed by atoms with E-state index in [-0.39, 0.29) is 11.3 Å². The van der Waals surface area contributed by atoms with E-state index in [0.29, 0.717) is 17.5 Å². The predicted octanol–water partition coefficient (Wildman–Crippen LogP) is 5.07. The van der Waals surface area contributed by atoms with Crippen molar-refractivity contribution in [1.29, 1.82) is 0 Å². The minimum absolute atomic E-state index is 0.0377. The first-order chi connectivity index (χ1) is 9.61. The van der Waals surface area contributed by atoms with Crippen LogP contribution in [-0.2, 0) is 6.42 Å². The molecule has 0 unspecified atom stereocenters. The molecule has 0 heterocycles. The fourth-order valence-electron chi connectivity index (χ4n) is 2.25. The van der Waals surface area contributed by atoms with Crippen LogP contribution in [0.15, 0.2) is 36.4 Å². The Morgan fingerprint density at radius 3 is 2.10 bits per heavy atom. The Balaban J connectivity index is 2.29. The molecule has 0 aliphatic rings. The molecule has 0 fully saturated rings.